The Bertz CT molecular complexity index is 733. The van der Waals surface area contributed by atoms with Gasteiger partial charge in [0.05, 0.1) is 7.11 Å². The normalized spacial score (nSPS) is 17.7. The highest BCUT2D eigenvalue weighted by Crippen LogP contribution is 2.31. The Balaban J connectivity index is 1.62. The first-order valence-corrected chi connectivity index (χ1v) is 9.15. The molecule has 0 spiro atoms. The van der Waals surface area contributed by atoms with Gasteiger partial charge in [-0.1, -0.05) is 12.5 Å². The molecule has 0 aliphatic carbocycles. The summed E-state index contributed by atoms with van der Waals surface area (Å²) >= 11 is 0. The topological polar surface area (TPSA) is 51.7 Å². The first-order chi connectivity index (χ1) is 12.7. The van der Waals surface area contributed by atoms with Gasteiger partial charge in [0.15, 0.2) is 17.3 Å². The van der Waals surface area contributed by atoms with Crippen LogP contribution >= 0.6 is 0 Å². The standard InChI is InChI=1S/C21H26N2O3/c1-16(24)17-8-9-20(21(14-17)25-2)26-13-12-23-11-4-3-7-19(23)18-6-5-10-22-15-18/h5-6,8-10,14-15,19H,3-4,7,11-13H2,1-2H3. The number of ether oxygens (including phenoxy) is 2. The van der Waals surface area contributed by atoms with Crippen LogP contribution < -0.4 is 9.47 Å². The monoisotopic (exact) mass is 354 g/mol. The van der Waals surface area contributed by atoms with Crippen LogP contribution in [-0.4, -0.2) is 42.5 Å². The predicted molar refractivity (Wildman–Crippen MR) is 101 cm³/mol. The SMILES string of the molecule is COc1cc(C(C)=O)ccc1OCCN1CCCCC1c1cccnc1. The number of carbonyl (C=O) groups excluding carboxylic acids is 1. The van der Waals surface area contributed by atoms with E-state index >= 15 is 0 Å². The molecular formula is C21H26N2O3. The molecular weight excluding hydrogens is 328 g/mol. The fourth-order valence-corrected chi connectivity index (χ4v) is 3.49. The number of hydrogen-bond donors (Lipinski definition) is 0. The highest BCUT2D eigenvalue weighted by atomic mass is 16.5. The zero-order chi connectivity index (χ0) is 18.4. The summed E-state index contributed by atoms with van der Waals surface area (Å²) in [5, 5.41) is 0. The second-order valence-electron chi connectivity index (χ2n) is 6.60. The van der Waals surface area contributed by atoms with Gasteiger partial charge in [0.25, 0.3) is 0 Å². The third-order valence-electron chi connectivity index (χ3n) is 4.89. The highest BCUT2D eigenvalue weighted by Gasteiger charge is 2.23. The van der Waals surface area contributed by atoms with Crippen LogP contribution in [0.3, 0.4) is 0 Å². The summed E-state index contributed by atoms with van der Waals surface area (Å²) < 4.78 is 11.3. The Labute approximate surface area is 155 Å². The van der Waals surface area contributed by atoms with E-state index in [2.05, 4.69) is 16.0 Å². The fraction of sp³-hybridized carbons (Fsp3) is 0.429. The van der Waals surface area contributed by atoms with Crippen LogP contribution in [0.4, 0.5) is 0 Å². The van der Waals surface area contributed by atoms with E-state index in [0.29, 0.717) is 29.7 Å². The Morgan fingerprint density at radius 2 is 2.15 bits per heavy atom. The van der Waals surface area contributed by atoms with Crippen molar-refractivity contribution < 1.29 is 14.3 Å². The van der Waals surface area contributed by atoms with Gasteiger partial charge in [0.2, 0.25) is 0 Å². The average Bonchev–Trinajstić information content (AvgIpc) is 2.69. The van der Waals surface area contributed by atoms with Crippen LogP contribution in [0.5, 0.6) is 11.5 Å². The molecule has 138 valence electrons. The molecule has 0 radical (unpaired) electrons. The molecule has 5 nitrogen and oxygen atoms in total. The summed E-state index contributed by atoms with van der Waals surface area (Å²) in [6, 6.07) is 9.88. The number of benzene rings is 1. The van der Waals surface area contributed by atoms with E-state index in [4.69, 9.17) is 9.47 Å². The van der Waals surface area contributed by atoms with Gasteiger partial charge in [0.1, 0.15) is 6.61 Å². The predicted octanol–water partition coefficient (Wildman–Crippen LogP) is 3.90. The Hall–Kier alpha value is -2.40. The number of ketones is 1. The lowest BCUT2D eigenvalue weighted by Crippen LogP contribution is -2.36. The van der Waals surface area contributed by atoms with E-state index in [-0.39, 0.29) is 5.78 Å². The number of Topliss-reactive ketones (excluding diaryl/α,β-unsaturated/α-hetero) is 1. The average molecular weight is 354 g/mol. The Kier molecular flexibility index (Phi) is 6.23. The van der Waals surface area contributed by atoms with E-state index in [9.17, 15) is 4.79 Å². The third-order valence-corrected chi connectivity index (χ3v) is 4.89. The Morgan fingerprint density at radius 3 is 2.88 bits per heavy atom. The lowest BCUT2D eigenvalue weighted by molar-refractivity contribution is 0.101. The molecule has 1 saturated heterocycles. The smallest absolute Gasteiger partial charge is 0.161 e. The van der Waals surface area contributed by atoms with Crippen molar-refractivity contribution >= 4 is 5.78 Å². The molecule has 0 amide bonds. The lowest BCUT2D eigenvalue weighted by Gasteiger charge is -2.35. The molecule has 2 heterocycles. The minimum atomic E-state index is 0.0162. The minimum absolute atomic E-state index is 0.0162. The number of carbonyl (C=O) groups is 1. The van der Waals surface area contributed by atoms with Crippen LogP contribution in [0.2, 0.25) is 0 Å². The number of hydrogen-bond acceptors (Lipinski definition) is 5. The molecule has 26 heavy (non-hydrogen) atoms. The molecule has 1 aliphatic heterocycles. The number of aromatic nitrogens is 1. The van der Waals surface area contributed by atoms with Gasteiger partial charge in [-0.15, -0.1) is 0 Å². The minimum Gasteiger partial charge on any atom is -0.493 e. The van der Waals surface area contributed by atoms with Crippen molar-refractivity contribution in [2.75, 3.05) is 26.8 Å². The van der Waals surface area contributed by atoms with Crippen molar-refractivity contribution in [2.24, 2.45) is 0 Å². The van der Waals surface area contributed by atoms with E-state index in [1.54, 1.807) is 26.2 Å². The van der Waals surface area contributed by atoms with E-state index in [1.807, 2.05) is 24.5 Å². The molecule has 1 fully saturated rings. The molecule has 0 bridgehead atoms. The van der Waals surface area contributed by atoms with Crippen molar-refractivity contribution in [3.8, 4) is 11.5 Å². The van der Waals surface area contributed by atoms with Crippen molar-refractivity contribution in [1.82, 2.24) is 9.88 Å². The van der Waals surface area contributed by atoms with Crippen molar-refractivity contribution in [3.63, 3.8) is 0 Å². The fourth-order valence-electron chi connectivity index (χ4n) is 3.49. The van der Waals surface area contributed by atoms with Gasteiger partial charge in [-0.3, -0.25) is 14.7 Å². The van der Waals surface area contributed by atoms with Gasteiger partial charge in [-0.2, -0.15) is 0 Å². The molecule has 5 heteroatoms. The van der Waals surface area contributed by atoms with E-state index < -0.39 is 0 Å². The number of rotatable bonds is 7. The Morgan fingerprint density at radius 1 is 1.27 bits per heavy atom. The number of pyridine rings is 1. The summed E-state index contributed by atoms with van der Waals surface area (Å²) in [7, 11) is 1.59. The second kappa shape index (κ2) is 8.81. The number of nitrogens with zero attached hydrogens (tertiary/aromatic N) is 2. The van der Waals surface area contributed by atoms with Crippen LogP contribution in [0.25, 0.3) is 0 Å². The summed E-state index contributed by atoms with van der Waals surface area (Å²) in [5.41, 5.74) is 1.90. The first kappa shape index (κ1) is 18.4. The molecule has 1 aliphatic rings. The number of likely N-dealkylation sites (tertiary alicyclic amines) is 1. The number of methoxy groups -OCH3 is 1. The zero-order valence-corrected chi connectivity index (χ0v) is 15.5. The van der Waals surface area contributed by atoms with E-state index in [1.165, 1.54) is 18.4 Å². The zero-order valence-electron chi connectivity index (χ0n) is 15.5. The molecule has 1 aromatic carbocycles. The van der Waals surface area contributed by atoms with Crippen LogP contribution in [0.15, 0.2) is 42.7 Å². The quantitative estimate of drug-likeness (QED) is 0.706. The van der Waals surface area contributed by atoms with Gasteiger partial charge in [0, 0.05) is 30.5 Å². The van der Waals surface area contributed by atoms with Crippen molar-refractivity contribution in [3.05, 3.63) is 53.9 Å². The van der Waals surface area contributed by atoms with Crippen molar-refractivity contribution in [1.29, 1.82) is 0 Å². The highest BCUT2D eigenvalue weighted by molar-refractivity contribution is 5.94. The lowest BCUT2D eigenvalue weighted by atomic mass is 9.96. The molecule has 1 unspecified atom stereocenters. The summed E-state index contributed by atoms with van der Waals surface area (Å²) in [6.45, 7) is 4.04. The third kappa shape index (κ3) is 4.41. The molecule has 2 aromatic rings. The maximum atomic E-state index is 11.5. The molecule has 3 rings (SSSR count). The maximum absolute atomic E-state index is 11.5. The van der Waals surface area contributed by atoms with Crippen LogP contribution in [-0.2, 0) is 0 Å². The van der Waals surface area contributed by atoms with Crippen LogP contribution in [0, 0.1) is 0 Å². The largest absolute Gasteiger partial charge is 0.493 e. The summed E-state index contributed by atoms with van der Waals surface area (Å²) in [5.74, 6) is 1.29. The first-order valence-electron chi connectivity index (χ1n) is 9.15. The van der Waals surface area contributed by atoms with Gasteiger partial charge >= 0.3 is 0 Å². The summed E-state index contributed by atoms with van der Waals surface area (Å²) in [6.07, 6.45) is 7.40. The maximum Gasteiger partial charge on any atom is 0.161 e. The van der Waals surface area contributed by atoms with Gasteiger partial charge in [-0.25, -0.2) is 0 Å². The number of piperidine rings is 1. The molecule has 1 atom stereocenters. The van der Waals surface area contributed by atoms with Gasteiger partial charge in [-0.05, 0) is 56.1 Å². The molecule has 0 N–H and O–H groups in total. The van der Waals surface area contributed by atoms with Gasteiger partial charge < -0.3 is 9.47 Å². The van der Waals surface area contributed by atoms with Crippen LogP contribution in [0.1, 0.15) is 48.1 Å². The second-order valence-corrected chi connectivity index (χ2v) is 6.60. The van der Waals surface area contributed by atoms with E-state index in [0.717, 1.165) is 19.5 Å². The summed E-state index contributed by atoms with van der Waals surface area (Å²) in [4.78, 5) is 18.2. The molecule has 1 aromatic heterocycles. The van der Waals surface area contributed by atoms with Crippen molar-refractivity contribution in [2.45, 2.75) is 32.2 Å². The molecule has 0 saturated carbocycles.